The van der Waals surface area contributed by atoms with Gasteiger partial charge >= 0.3 is 0 Å². The third-order valence-electron chi connectivity index (χ3n) is 3.29. The molecular formula is C17H15FN2. The van der Waals surface area contributed by atoms with E-state index in [1.807, 2.05) is 25.1 Å². The van der Waals surface area contributed by atoms with E-state index in [-0.39, 0.29) is 5.82 Å². The van der Waals surface area contributed by atoms with Crippen LogP contribution in [0.2, 0.25) is 0 Å². The molecule has 0 spiro atoms. The van der Waals surface area contributed by atoms with E-state index in [0.717, 1.165) is 33.5 Å². The molecule has 1 N–H and O–H groups in total. The maximum Gasteiger partial charge on any atom is 0.123 e. The van der Waals surface area contributed by atoms with Crippen molar-refractivity contribution in [3.63, 3.8) is 0 Å². The summed E-state index contributed by atoms with van der Waals surface area (Å²) in [4.78, 5) is 4.59. The second-order valence-electron chi connectivity index (χ2n) is 4.91. The van der Waals surface area contributed by atoms with Crippen molar-refractivity contribution in [3.8, 4) is 0 Å². The van der Waals surface area contributed by atoms with E-state index in [2.05, 4.69) is 23.3 Å². The fourth-order valence-corrected chi connectivity index (χ4v) is 2.31. The van der Waals surface area contributed by atoms with E-state index in [0.29, 0.717) is 0 Å². The highest BCUT2D eigenvalue weighted by atomic mass is 19.1. The van der Waals surface area contributed by atoms with Gasteiger partial charge in [0.1, 0.15) is 5.82 Å². The lowest BCUT2D eigenvalue weighted by molar-refractivity contribution is 0.628. The number of para-hydroxylation sites is 1. The van der Waals surface area contributed by atoms with Gasteiger partial charge in [-0.05, 0) is 49.7 Å². The summed E-state index contributed by atoms with van der Waals surface area (Å²) in [6, 6.07) is 14.5. The molecule has 0 unspecified atom stereocenters. The van der Waals surface area contributed by atoms with Gasteiger partial charge in [-0.1, -0.05) is 18.2 Å². The highest BCUT2D eigenvalue weighted by Crippen LogP contribution is 2.28. The molecule has 0 radical (unpaired) electrons. The number of pyridine rings is 1. The quantitative estimate of drug-likeness (QED) is 0.725. The number of hydrogen-bond donors (Lipinski definition) is 1. The summed E-state index contributed by atoms with van der Waals surface area (Å²) < 4.78 is 13.0. The summed E-state index contributed by atoms with van der Waals surface area (Å²) >= 11 is 0. The number of aryl methyl sites for hydroxylation is 2. The monoisotopic (exact) mass is 266 g/mol. The Morgan fingerprint density at radius 1 is 1.00 bits per heavy atom. The minimum absolute atomic E-state index is 0.234. The second-order valence-corrected chi connectivity index (χ2v) is 4.91. The van der Waals surface area contributed by atoms with Crippen LogP contribution in [0.25, 0.3) is 10.9 Å². The molecule has 1 heterocycles. The van der Waals surface area contributed by atoms with Gasteiger partial charge in [-0.3, -0.25) is 4.98 Å². The molecule has 1 aromatic heterocycles. The van der Waals surface area contributed by atoms with Crippen LogP contribution in [0.15, 0.2) is 48.5 Å². The molecule has 3 heteroatoms. The fourth-order valence-electron chi connectivity index (χ4n) is 2.31. The van der Waals surface area contributed by atoms with Gasteiger partial charge in [0.05, 0.1) is 5.52 Å². The van der Waals surface area contributed by atoms with Crippen molar-refractivity contribution in [2.75, 3.05) is 5.32 Å². The van der Waals surface area contributed by atoms with Gasteiger partial charge in [0.25, 0.3) is 0 Å². The third-order valence-corrected chi connectivity index (χ3v) is 3.29. The van der Waals surface area contributed by atoms with Crippen molar-refractivity contribution in [2.45, 2.75) is 13.8 Å². The molecule has 3 rings (SSSR count). The summed E-state index contributed by atoms with van der Waals surface area (Å²) in [5, 5.41) is 4.40. The highest BCUT2D eigenvalue weighted by molar-refractivity contribution is 5.94. The van der Waals surface area contributed by atoms with Crippen LogP contribution in [0.1, 0.15) is 11.3 Å². The average Bonchev–Trinajstić information content (AvgIpc) is 2.42. The molecule has 100 valence electrons. The summed E-state index contributed by atoms with van der Waals surface area (Å²) in [5.74, 6) is -0.234. The number of benzene rings is 2. The lowest BCUT2D eigenvalue weighted by atomic mass is 10.1. The molecule has 2 aromatic carbocycles. The number of halogens is 1. The predicted molar refractivity (Wildman–Crippen MR) is 80.9 cm³/mol. The zero-order chi connectivity index (χ0) is 14.1. The summed E-state index contributed by atoms with van der Waals surface area (Å²) in [6.07, 6.45) is 0. The van der Waals surface area contributed by atoms with Crippen LogP contribution in [-0.4, -0.2) is 4.98 Å². The number of nitrogens with zero attached hydrogens (tertiary/aromatic N) is 1. The molecule has 0 bridgehead atoms. The lowest BCUT2D eigenvalue weighted by Gasteiger charge is -2.12. The van der Waals surface area contributed by atoms with Crippen LogP contribution >= 0.6 is 0 Å². The topological polar surface area (TPSA) is 24.9 Å². The van der Waals surface area contributed by atoms with Crippen molar-refractivity contribution in [1.82, 2.24) is 4.98 Å². The molecule has 0 amide bonds. The molecule has 0 aliphatic rings. The van der Waals surface area contributed by atoms with Crippen LogP contribution in [0.5, 0.6) is 0 Å². The number of hydrogen-bond acceptors (Lipinski definition) is 2. The van der Waals surface area contributed by atoms with Crippen molar-refractivity contribution in [2.24, 2.45) is 0 Å². The fraction of sp³-hybridized carbons (Fsp3) is 0.118. The first-order valence-electron chi connectivity index (χ1n) is 6.53. The largest absolute Gasteiger partial charge is 0.355 e. The van der Waals surface area contributed by atoms with Crippen LogP contribution in [0.4, 0.5) is 15.8 Å². The van der Waals surface area contributed by atoms with E-state index < -0.39 is 0 Å². The van der Waals surface area contributed by atoms with E-state index in [1.165, 1.54) is 12.1 Å². The normalized spacial score (nSPS) is 10.8. The van der Waals surface area contributed by atoms with Crippen molar-refractivity contribution in [1.29, 1.82) is 0 Å². The first kappa shape index (κ1) is 12.6. The van der Waals surface area contributed by atoms with E-state index in [1.54, 1.807) is 12.1 Å². The first-order chi connectivity index (χ1) is 9.63. The maximum atomic E-state index is 13.0. The Kier molecular flexibility index (Phi) is 3.11. The van der Waals surface area contributed by atoms with Crippen LogP contribution in [-0.2, 0) is 0 Å². The molecule has 0 fully saturated rings. The lowest BCUT2D eigenvalue weighted by Crippen LogP contribution is -1.95. The van der Waals surface area contributed by atoms with E-state index in [9.17, 15) is 4.39 Å². The Labute approximate surface area is 117 Å². The Hall–Kier alpha value is -2.42. The smallest absolute Gasteiger partial charge is 0.123 e. The van der Waals surface area contributed by atoms with Gasteiger partial charge in [-0.25, -0.2) is 4.39 Å². The van der Waals surface area contributed by atoms with Crippen molar-refractivity contribution in [3.05, 3.63) is 65.6 Å². The zero-order valence-electron chi connectivity index (χ0n) is 11.4. The number of rotatable bonds is 2. The summed E-state index contributed by atoms with van der Waals surface area (Å²) in [7, 11) is 0. The highest BCUT2D eigenvalue weighted by Gasteiger charge is 2.06. The number of anilines is 2. The van der Waals surface area contributed by atoms with Gasteiger partial charge in [-0.2, -0.15) is 0 Å². The average molecular weight is 266 g/mol. The first-order valence-corrected chi connectivity index (χ1v) is 6.53. The predicted octanol–water partition coefficient (Wildman–Crippen LogP) is 4.73. The van der Waals surface area contributed by atoms with Crippen molar-refractivity contribution < 1.29 is 4.39 Å². The van der Waals surface area contributed by atoms with Gasteiger partial charge < -0.3 is 5.32 Å². The van der Waals surface area contributed by atoms with Crippen LogP contribution in [0, 0.1) is 19.7 Å². The molecule has 0 aliphatic carbocycles. The maximum absolute atomic E-state index is 13.0. The zero-order valence-corrected chi connectivity index (χ0v) is 11.4. The minimum atomic E-state index is -0.234. The number of fused-ring (bicyclic) bond motifs is 1. The Balaban J connectivity index is 2.11. The summed E-state index contributed by atoms with van der Waals surface area (Å²) in [5.41, 5.74) is 4.95. The van der Waals surface area contributed by atoms with Gasteiger partial charge in [0.15, 0.2) is 0 Å². The van der Waals surface area contributed by atoms with Gasteiger partial charge in [0, 0.05) is 22.5 Å². The molecule has 3 aromatic rings. The van der Waals surface area contributed by atoms with Gasteiger partial charge in [-0.15, -0.1) is 0 Å². The number of aromatic nitrogens is 1. The minimum Gasteiger partial charge on any atom is -0.355 e. The van der Waals surface area contributed by atoms with Crippen molar-refractivity contribution >= 4 is 22.3 Å². The third kappa shape index (κ3) is 2.35. The van der Waals surface area contributed by atoms with Crippen LogP contribution in [0.3, 0.4) is 0 Å². The molecule has 20 heavy (non-hydrogen) atoms. The molecule has 2 nitrogen and oxygen atoms in total. The number of nitrogens with one attached hydrogen (secondary N) is 1. The van der Waals surface area contributed by atoms with E-state index in [4.69, 9.17) is 0 Å². The molecule has 0 saturated heterocycles. The SMILES string of the molecule is Cc1cc(Nc2ccc(F)cc2)c2cccc(C)c2n1. The Morgan fingerprint density at radius 3 is 2.50 bits per heavy atom. The van der Waals surface area contributed by atoms with E-state index >= 15 is 0 Å². The Morgan fingerprint density at radius 2 is 1.75 bits per heavy atom. The molecule has 0 aliphatic heterocycles. The molecule has 0 atom stereocenters. The Bertz CT molecular complexity index is 764. The van der Waals surface area contributed by atoms with Gasteiger partial charge in [0.2, 0.25) is 0 Å². The molecule has 0 saturated carbocycles. The summed E-state index contributed by atoms with van der Waals surface area (Å²) in [6.45, 7) is 4.03. The second kappa shape index (κ2) is 4.93. The molecular weight excluding hydrogens is 251 g/mol. The van der Waals surface area contributed by atoms with Crippen LogP contribution < -0.4 is 5.32 Å². The standard InChI is InChI=1S/C17H15FN2/c1-11-4-3-5-15-16(10-12(2)19-17(11)15)20-14-8-6-13(18)7-9-14/h3-10H,1-2H3,(H,19,20).